The van der Waals surface area contributed by atoms with Crippen molar-refractivity contribution in [2.24, 2.45) is 0 Å². The van der Waals surface area contributed by atoms with Crippen LogP contribution < -0.4 is 5.32 Å². The topological polar surface area (TPSA) is 34.3 Å². The lowest BCUT2D eigenvalue weighted by molar-refractivity contribution is 0.645. The summed E-state index contributed by atoms with van der Waals surface area (Å²) in [6.45, 7) is 3.03. The van der Waals surface area contributed by atoms with Crippen molar-refractivity contribution >= 4 is 44.5 Å². The molecule has 0 spiro atoms. The minimum atomic E-state index is 0.684. The van der Waals surface area contributed by atoms with Crippen molar-refractivity contribution in [1.82, 2.24) is 14.2 Å². The van der Waals surface area contributed by atoms with Crippen molar-refractivity contribution in [3.05, 3.63) is 100 Å². The molecule has 0 radical (unpaired) electrons. The molecule has 2 aromatic heterocycles. The number of anilines is 1. The number of nitrogens with zero attached hydrogens (tertiary/aromatic N) is 3. The Morgan fingerprint density at radius 2 is 1.74 bits per heavy atom. The van der Waals surface area contributed by atoms with Gasteiger partial charge in [0.15, 0.2) is 5.82 Å². The summed E-state index contributed by atoms with van der Waals surface area (Å²) in [4.78, 5) is 0.684. The Balaban J connectivity index is 1.60. The largest absolute Gasteiger partial charge is 0.345 e. The number of halogens is 1. The number of aryl methyl sites for hydroxylation is 3. The van der Waals surface area contributed by atoms with Crippen LogP contribution in [0.15, 0.2) is 83.3 Å². The molecule has 174 valence electrons. The molecule has 1 aliphatic rings. The fourth-order valence-electron chi connectivity index (χ4n) is 5.09. The van der Waals surface area contributed by atoms with Gasteiger partial charge in [0.25, 0.3) is 0 Å². The second-order valence-electron chi connectivity index (χ2n) is 9.07. The monoisotopic (exact) mass is 540 g/mol. The lowest BCUT2D eigenvalue weighted by Crippen LogP contribution is -2.15. The van der Waals surface area contributed by atoms with Crippen LogP contribution >= 0.6 is 28.1 Å². The average molecular weight is 542 g/mol. The second kappa shape index (κ2) is 9.10. The highest BCUT2D eigenvalue weighted by Crippen LogP contribution is 2.38. The number of hydrogen-bond donors (Lipinski definition) is 1. The molecule has 35 heavy (non-hydrogen) atoms. The number of rotatable bonds is 4. The van der Waals surface area contributed by atoms with Gasteiger partial charge in [0.2, 0.25) is 0 Å². The Morgan fingerprint density at radius 1 is 0.943 bits per heavy atom. The number of thiocarbonyl (C=S) groups is 1. The molecule has 3 heterocycles. The van der Waals surface area contributed by atoms with Gasteiger partial charge < -0.3 is 9.88 Å². The molecule has 1 N–H and O–H groups in total. The van der Waals surface area contributed by atoms with E-state index in [0.29, 0.717) is 4.99 Å². The smallest absolute Gasteiger partial charge is 0.162 e. The first-order valence-electron chi connectivity index (χ1n) is 11.9. The second-order valence-corrected chi connectivity index (χ2v) is 10.4. The molecule has 0 saturated heterocycles. The first-order chi connectivity index (χ1) is 17.1. The van der Waals surface area contributed by atoms with Crippen LogP contribution in [0.25, 0.3) is 28.2 Å². The lowest BCUT2D eigenvalue weighted by Gasteiger charge is -2.12. The van der Waals surface area contributed by atoms with E-state index in [-0.39, 0.29) is 0 Å². The zero-order valence-corrected chi connectivity index (χ0v) is 21.9. The fourth-order valence-corrected chi connectivity index (χ4v) is 5.66. The molecule has 0 unspecified atom stereocenters. The van der Waals surface area contributed by atoms with Gasteiger partial charge in [0.1, 0.15) is 16.3 Å². The van der Waals surface area contributed by atoms with Crippen LogP contribution in [0.2, 0.25) is 0 Å². The van der Waals surface area contributed by atoms with Crippen LogP contribution in [0.4, 0.5) is 5.69 Å². The van der Waals surface area contributed by atoms with E-state index in [1.54, 1.807) is 0 Å². The summed E-state index contributed by atoms with van der Waals surface area (Å²) >= 11 is 9.64. The molecule has 1 aliphatic heterocycles. The summed E-state index contributed by atoms with van der Waals surface area (Å²) in [5, 5.41) is 8.70. The molecule has 3 aromatic carbocycles. The van der Waals surface area contributed by atoms with Crippen LogP contribution in [-0.4, -0.2) is 19.2 Å². The van der Waals surface area contributed by atoms with Crippen LogP contribution in [-0.2, 0) is 13.0 Å². The van der Waals surface area contributed by atoms with Crippen molar-refractivity contribution in [2.75, 3.05) is 5.32 Å². The summed E-state index contributed by atoms with van der Waals surface area (Å²) in [6, 6.07) is 27.3. The van der Waals surface area contributed by atoms with Crippen LogP contribution in [0, 0.1) is 6.92 Å². The van der Waals surface area contributed by atoms with E-state index in [9.17, 15) is 0 Å². The molecule has 0 aliphatic carbocycles. The maximum absolute atomic E-state index is 6.08. The summed E-state index contributed by atoms with van der Waals surface area (Å²) in [5.41, 5.74) is 9.09. The number of hydrogen-bond acceptors (Lipinski definition) is 2. The predicted molar refractivity (Wildman–Crippen MR) is 151 cm³/mol. The van der Waals surface area contributed by atoms with Gasteiger partial charge in [-0.05, 0) is 61.6 Å². The Labute approximate surface area is 218 Å². The quantitative estimate of drug-likeness (QED) is 0.237. The van der Waals surface area contributed by atoms with Crippen LogP contribution in [0.1, 0.15) is 29.7 Å². The van der Waals surface area contributed by atoms with E-state index < -0.39 is 0 Å². The highest BCUT2D eigenvalue weighted by atomic mass is 79.9. The molecule has 6 heteroatoms. The number of aromatic nitrogens is 3. The summed E-state index contributed by atoms with van der Waals surface area (Å²) < 4.78 is 5.54. The van der Waals surface area contributed by atoms with Gasteiger partial charge in [0, 0.05) is 33.4 Å². The molecular weight excluding hydrogens is 516 g/mol. The van der Waals surface area contributed by atoms with Crippen molar-refractivity contribution < 1.29 is 0 Å². The SMILES string of the molecule is Cc1cccc(NC(=S)c2c(-c3ccccc3)c3c4n(c(-c5ccc(Br)cc5)nn24)CCCC3)c1. The summed E-state index contributed by atoms with van der Waals surface area (Å²) in [6.07, 6.45) is 3.27. The molecule has 5 aromatic rings. The molecule has 0 atom stereocenters. The molecule has 4 nitrogen and oxygen atoms in total. The van der Waals surface area contributed by atoms with Crippen molar-refractivity contribution in [1.29, 1.82) is 0 Å². The standard InChI is InChI=1S/C29H25BrN4S/c1-19-8-7-11-23(18-19)31-28(35)26-25(20-9-3-2-4-10-20)24-12-5-6-17-33-27(32-34(26)29(24)33)21-13-15-22(30)16-14-21/h2-4,7-11,13-16,18H,5-6,12,17H2,1H3,(H,31,35). The average Bonchev–Trinajstić information content (AvgIpc) is 3.28. The first-order valence-corrected chi connectivity index (χ1v) is 13.1. The zero-order chi connectivity index (χ0) is 23.9. The Morgan fingerprint density at radius 3 is 2.51 bits per heavy atom. The van der Waals surface area contributed by atoms with Gasteiger partial charge in [-0.25, -0.2) is 4.52 Å². The Bertz CT molecular complexity index is 1550. The molecule has 0 amide bonds. The highest BCUT2D eigenvalue weighted by Gasteiger charge is 2.29. The summed E-state index contributed by atoms with van der Waals surface area (Å²) in [5.74, 6) is 0.981. The van der Waals surface area contributed by atoms with Gasteiger partial charge in [0.05, 0.1) is 0 Å². The summed E-state index contributed by atoms with van der Waals surface area (Å²) in [7, 11) is 0. The third kappa shape index (κ3) is 4.01. The highest BCUT2D eigenvalue weighted by molar-refractivity contribution is 9.10. The maximum atomic E-state index is 6.08. The number of nitrogens with one attached hydrogen (secondary N) is 1. The lowest BCUT2D eigenvalue weighted by atomic mass is 9.98. The zero-order valence-electron chi connectivity index (χ0n) is 19.5. The van der Waals surface area contributed by atoms with Crippen molar-refractivity contribution in [3.8, 4) is 22.5 Å². The number of benzene rings is 3. The van der Waals surface area contributed by atoms with Gasteiger partial charge in [-0.1, -0.05) is 82.7 Å². The van der Waals surface area contributed by atoms with Gasteiger partial charge >= 0.3 is 0 Å². The van der Waals surface area contributed by atoms with Gasteiger partial charge in [-0.15, -0.1) is 5.10 Å². The Kier molecular flexibility index (Phi) is 5.78. The minimum Gasteiger partial charge on any atom is -0.345 e. The third-order valence-corrected chi connectivity index (χ3v) is 7.47. The minimum absolute atomic E-state index is 0.684. The van der Waals surface area contributed by atoms with Crippen molar-refractivity contribution in [2.45, 2.75) is 32.7 Å². The van der Waals surface area contributed by atoms with Gasteiger partial charge in [-0.2, -0.15) is 0 Å². The van der Waals surface area contributed by atoms with Crippen LogP contribution in [0.5, 0.6) is 0 Å². The van der Waals surface area contributed by atoms with E-state index in [0.717, 1.165) is 58.7 Å². The van der Waals surface area contributed by atoms with E-state index in [1.165, 1.54) is 22.3 Å². The molecule has 0 fully saturated rings. The molecular formula is C29H25BrN4S. The maximum Gasteiger partial charge on any atom is 0.162 e. The van der Waals surface area contributed by atoms with Crippen LogP contribution in [0.3, 0.4) is 0 Å². The molecule has 0 saturated carbocycles. The van der Waals surface area contributed by atoms with E-state index >= 15 is 0 Å². The Hall–Kier alpha value is -3.22. The first kappa shape index (κ1) is 22.3. The van der Waals surface area contributed by atoms with Crippen molar-refractivity contribution in [3.63, 3.8) is 0 Å². The van der Waals surface area contributed by atoms with Gasteiger partial charge in [-0.3, -0.25) is 0 Å². The normalized spacial score (nSPS) is 13.1. The molecule has 0 bridgehead atoms. The molecule has 6 rings (SSSR count). The fraction of sp³-hybridized carbons (Fsp3) is 0.172. The van der Waals surface area contributed by atoms with E-state index in [4.69, 9.17) is 17.3 Å². The van der Waals surface area contributed by atoms with E-state index in [1.807, 2.05) is 0 Å². The predicted octanol–water partition coefficient (Wildman–Crippen LogP) is 7.66. The van der Waals surface area contributed by atoms with E-state index in [2.05, 4.69) is 116 Å². The third-order valence-electron chi connectivity index (χ3n) is 6.64.